The summed E-state index contributed by atoms with van der Waals surface area (Å²) in [5, 5.41) is 16.8. The van der Waals surface area contributed by atoms with E-state index in [1.807, 2.05) is 25.5 Å². The summed E-state index contributed by atoms with van der Waals surface area (Å²) in [5.74, 6) is 0.918. The van der Waals surface area contributed by atoms with E-state index in [2.05, 4.69) is 46.7 Å². The molecule has 29 heavy (non-hydrogen) atoms. The first-order valence-corrected chi connectivity index (χ1v) is 10.3. The molecule has 0 saturated carbocycles. The van der Waals surface area contributed by atoms with Gasteiger partial charge in [-0.3, -0.25) is 19.4 Å². The van der Waals surface area contributed by atoms with E-state index in [4.69, 9.17) is 0 Å². The molecule has 0 radical (unpaired) electrons. The predicted octanol–water partition coefficient (Wildman–Crippen LogP) is 2.98. The van der Waals surface area contributed by atoms with Crippen LogP contribution >= 0.6 is 0 Å². The van der Waals surface area contributed by atoms with E-state index in [0.29, 0.717) is 31.0 Å². The van der Waals surface area contributed by atoms with Crippen molar-refractivity contribution in [3.05, 3.63) is 29.2 Å². The summed E-state index contributed by atoms with van der Waals surface area (Å²) in [6.45, 7) is 13.3. The van der Waals surface area contributed by atoms with Gasteiger partial charge in [-0.25, -0.2) is 0 Å². The predicted molar refractivity (Wildman–Crippen MR) is 113 cm³/mol. The second-order valence-electron chi connectivity index (χ2n) is 8.43. The van der Waals surface area contributed by atoms with Crippen molar-refractivity contribution in [2.45, 2.75) is 73.4 Å². The second-order valence-corrected chi connectivity index (χ2v) is 8.43. The molecule has 160 valence electrons. The Labute approximate surface area is 172 Å². The molecule has 2 rings (SSSR count). The van der Waals surface area contributed by atoms with Crippen LogP contribution in [-0.4, -0.2) is 37.8 Å². The van der Waals surface area contributed by atoms with Crippen LogP contribution in [0.15, 0.2) is 12.3 Å². The number of hydrogen-bond donors (Lipinski definition) is 3. The van der Waals surface area contributed by atoms with Gasteiger partial charge < -0.3 is 10.6 Å². The topological polar surface area (TPSA) is 105 Å². The largest absolute Gasteiger partial charge is 0.344 e. The number of aromatic nitrogens is 4. The van der Waals surface area contributed by atoms with Gasteiger partial charge in [0, 0.05) is 24.7 Å². The Hall–Kier alpha value is -2.64. The average molecular weight is 403 g/mol. The summed E-state index contributed by atoms with van der Waals surface area (Å²) in [5.41, 5.74) is 3.19. The number of carbonyl (C=O) groups is 2. The number of hydrogen-bond acceptors (Lipinski definition) is 4. The first-order valence-electron chi connectivity index (χ1n) is 10.3. The normalized spacial score (nSPS) is 12.4. The molecule has 2 amide bonds. The third-order valence-corrected chi connectivity index (χ3v) is 4.79. The van der Waals surface area contributed by atoms with Crippen LogP contribution in [0.2, 0.25) is 0 Å². The van der Waals surface area contributed by atoms with Crippen LogP contribution in [0.3, 0.4) is 0 Å². The number of amides is 2. The minimum atomic E-state index is -0.586. The van der Waals surface area contributed by atoms with E-state index >= 15 is 0 Å². The van der Waals surface area contributed by atoms with Gasteiger partial charge in [0.05, 0.1) is 11.9 Å². The Morgan fingerprint density at radius 2 is 1.90 bits per heavy atom. The zero-order chi connectivity index (χ0) is 21.6. The van der Waals surface area contributed by atoms with E-state index in [-0.39, 0.29) is 17.7 Å². The number of H-pyrrole nitrogens is 1. The highest BCUT2D eigenvalue weighted by Gasteiger charge is 2.23. The summed E-state index contributed by atoms with van der Waals surface area (Å²) in [6, 6.07) is 1.09. The molecule has 2 aromatic rings. The molecule has 0 spiro atoms. The number of rotatable bonds is 10. The van der Waals surface area contributed by atoms with E-state index in [1.54, 1.807) is 12.3 Å². The second kappa shape index (κ2) is 10.2. The van der Waals surface area contributed by atoms with Crippen LogP contribution in [0.1, 0.15) is 57.5 Å². The van der Waals surface area contributed by atoms with Gasteiger partial charge in [0.2, 0.25) is 11.8 Å². The van der Waals surface area contributed by atoms with Gasteiger partial charge in [-0.05, 0) is 44.1 Å². The Morgan fingerprint density at radius 1 is 1.17 bits per heavy atom. The van der Waals surface area contributed by atoms with E-state index < -0.39 is 6.04 Å². The molecular weight excluding hydrogens is 368 g/mol. The highest BCUT2D eigenvalue weighted by Crippen LogP contribution is 2.17. The molecule has 8 nitrogen and oxygen atoms in total. The molecule has 2 aromatic heterocycles. The van der Waals surface area contributed by atoms with Crippen molar-refractivity contribution in [1.82, 2.24) is 25.3 Å². The van der Waals surface area contributed by atoms with Gasteiger partial charge in [0.25, 0.3) is 0 Å². The SMILES string of the molecule is Cc1nn(CC(C)C)c(C)c1CCC(=O)NC(CC(C)C)C(=O)Nc1ccn[nH]1. The fourth-order valence-corrected chi connectivity index (χ4v) is 3.37. The number of anilines is 1. The molecule has 8 heteroatoms. The van der Waals surface area contributed by atoms with Crippen LogP contribution in [0.25, 0.3) is 0 Å². The van der Waals surface area contributed by atoms with Crippen molar-refractivity contribution in [3.8, 4) is 0 Å². The Balaban J connectivity index is 1.97. The zero-order valence-corrected chi connectivity index (χ0v) is 18.4. The van der Waals surface area contributed by atoms with Crippen molar-refractivity contribution < 1.29 is 9.59 Å². The molecule has 0 fully saturated rings. The van der Waals surface area contributed by atoms with Crippen LogP contribution in [0.5, 0.6) is 0 Å². The molecule has 1 unspecified atom stereocenters. The summed E-state index contributed by atoms with van der Waals surface area (Å²) >= 11 is 0. The summed E-state index contributed by atoms with van der Waals surface area (Å²) in [6.07, 6.45) is 3.06. The quantitative estimate of drug-likeness (QED) is 0.568. The van der Waals surface area contributed by atoms with Crippen molar-refractivity contribution in [1.29, 1.82) is 0 Å². The van der Waals surface area contributed by atoms with Crippen LogP contribution in [0.4, 0.5) is 5.82 Å². The van der Waals surface area contributed by atoms with Gasteiger partial charge in [-0.15, -0.1) is 0 Å². The van der Waals surface area contributed by atoms with Crippen molar-refractivity contribution in [3.63, 3.8) is 0 Å². The third kappa shape index (κ3) is 6.73. The maximum Gasteiger partial charge on any atom is 0.248 e. The maximum atomic E-state index is 12.6. The summed E-state index contributed by atoms with van der Waals surface area (Å²) in [4.78, 5) is 25.2. The van der Waals surface area contributed by atoms with E-state index in [0.717, 1.165) is 23.5 Å². The van der Waals surface area contributed by atoms with Crippen molar-refractivity contribution in [2.75, 3.05) is 5.32 Å². The molecule has 0 saturated heterocycles. The lowest BCUT2D eigenvalue weighted by atomic mass is 10.0. The van der Waals surface area contributed by atoms with Gasteiger partial charge in [0.15, 0.2) is 0 Å². The molecule has 0 aromatic carbocycles. The number of nitrogens with one attached hydrogen (secondary N) is 3. The lowest BCUT2D eigenvalue weighted by molar-refractivity contribution is -0.126. The molecule has 0 aliphatic rings. The summed E-state index contributed by atoms with van der Waals surface area (Å²) < 4.78 is 2.02. The maximum absolute atomic E-state index is 12.6. The fraction of sp³-hybridized carbons (Fsp3) is 0.619. The van der Waals surface area contributed by atoms with Gasteiger partial charge in [-0.1, -0.05) is 27.7 Å². The monoisotopic (exact) mass is 402 g/mol. The standard InChI is InChI=1S/C21H34N6O2/c1-13(2)11-18(21(29)24-19-9-10-22-25-19)23-20(28)8-7-17-15(5)26-27(16(17)6)12-14(3)4/h9-10,13-14,18H,7-8,11-12H2,1-6H3,(H,23,28)(H2,22,24,25,29). The first kappa shape index (κ1) is 22.6. The Morgan fingerprint density at radius 3 is 2.48 bits per heavy atom. The molecule has 3 N–H and O–H groups in total. The lowest BCUT2D eigenvalue weighted by Gasteiger charge is -2.20. The van der Waals surface area contributed by atoms with Gasteiger partial charge >= 0.3 is 0 Å². The number of nitrogens with zero attached hydrogens (tertiary/aromatic N) is 3. The zero-order valence-electron chi connectivity index (χ0n) is 18.4. The van der Waals surface area contributed by atoms with E-state index in [9.17, 15) is 9.59 Å². The lowest BCUT2D eigenvalue weighted by Crippen LogP contribution is -2.44. The minimum Gasteiger partial charge on any atom is -0.344 e. The molecule has 2 heterocycles. The van der Waals surface area contributed by atoms with Crippen molar-refractivity contribution >= 4 is 17.6 Å². The van der Waals surface area contributed by atoms with Gasteiger partial charge in [-0.2, -0.15) is 10.2 Å². The molecule has 0 bridgehead atoms. The van der Waals surface area contributed by atoms with Crippen molar-refractivity contribution in [2.24, 2.45) is 11.8 Å². The minimum absolute atomic E-state index is 0.133. The smallest absolute Gasteiger partial charge is 0.248 e. The van der Waals surface area contributed by atoms with Gasteiger partial charge in [0.1, 0.15) is 11.9 Å². The molecule has 1 atom stereocenters. The number of aryl methyl sites for hydroxylation is 1. The van der Waals surface area contributed by atoms with Crippen LogP contribution < -0.4 is 10.6 Å². The molecular formula is C21H34N6O2. The number of aromatic amines is 1. The first-order chi connectivity index (χ1) is 13.7. The Kier molecular flexibility index (Phi) is 7.99. The Bertz CT molecular complexity index is 808. The van der Waals surface area contributed by atoms with Crippen LogP contribution in [0, 0.1) is 25.7 Å². The highest BCUT2D eigenvalue weighted by atomic mass is 16.2. The summed E-state index contributed by atoms with van der Waals surface area (Å²) in [7, 11) is 0. The molecule has 0 aliphatic carbocycles. The highest BCUT2D eigenvalue weighted by molar-refractivity contribution is 5.96. The van der Waals surface area contributed by atoms with Crippen LogP contribution in [-0.2, 0) is 22.6 Å². The fourth-order valence-electron chi connectivity index (χ4n) is 3.37. The van der Waals surface area contributed by atoms with E-state index in [1.165, 1.54) is 0 Å². The third-order valence-electron chi connectivity index (χ3n) is 4.79. The number of carbonyl (C=O) groups excluding carboxylic acids is 2. The average Bonchev–Trinajstić information content (AvgIpc) is 3.21. The molecule has 0 aliphatic heterocycles.